The van der Waals surface area contributed by atoms with Crippen LogP contribution in [0.25, 0.3) is 0 Å². The molecule has 108 valence electrons. The van der Waals surface area contributed by atoms with Gasteiger partial charge in [0.2, 0.25) is 0 Å². The highest BCUT2D eigenvalue weighted by Crippen LogP contribution is 2.25. The summed E-state index contributed by atoms with van der Waals surface area (Å²) in [5.74, 6) is 0. The number of para-hydroxylation sites is 1. The van der Waals surface area contributed by atoms with E-state index in [2.05, 4.69) is 10.2 Å². The van der Waals surface area contributed by atoms with Crippen LogP contribution in [-0.2, 0) is 10.0 Å². The highest BCUT2D eigenvalue weighted by Gasteiger charge is 2.26. The molecule has 0 fully saturated rings. The van der Waals surface area contributed by atoms with Crippen LogP contribution in [0.15, 0.2) is 41.6 Å². The van der Waals surface area contributed by atoms with Gasteiger partial charge in [-0.1, -0.05) is 18.2 Å². The maximum Gasteiger partial charge on any atom is 0.281 e. The van der Waals surface area contributed by atoms with E-state index in [1.165, 1.54) is 16.6 Å². The Balaban J connectivity index is 2.46. The molecule has 0 aliphatic carbocycles. The molecule has 0 atom stereocenters. The summed E-state index contributed by atoms with van der Waals surface area (Å²) in [6, 6.07) is 8.82. The van der Waals surface area contributed by atoms with Crippen LogP contribution in [0.3, 0.4) is 0 Å². The normalized spacial score (nSPS) is 11.5. The molecule has 0 saturated carbocycles. The predicted octanol–water partition coefficient (Wildman–Crippen LogP) is 1.26. The Bertz CT molecular complexity index is 653. The number of nitrogens with one attached hydrogen (secondary N) is 1. The van der Waals surface area contributed by atoms with E-state index in [1.807, 2.05) is 25.1 Å². The Kier molecular flexibility index (Phi) is 4.41. The van der Waals surface area contributed by atoms with E-state index in [0.717, 1.165) is 5.56 Å². The smallest absolute Gasteiger partial charge is 0.281 e. The average Bonchev–Trinajstić information content (AvgIpc) is 2.95. The third-order valence-corrected chi connectivity index (χ3v) is 4.74. The van der Waals surface area contributed by atoms with Gasteiger partial charge in [0.1, 0.15) is 0 Å². The fourth-order valence-corrected chi connectivity index (χ4v) is 3.43. The van der Waals surface area contributed by atoms with Gasteiger partial charge in [-0.2, -0.15) is 13.5 Å². The van der Waals surface area contributed by atoms with Crippen LogP contribution < -0.4 is 10.0 Å². The summed E-state index contributed by atoms with van der Waals surface area (Å²) in [6.07, 6.45) is 2.01. The van der Waals surface area contributed by atoms with Crippen LogP contribution in [0.4, 0.5) is 5.69 Å². The number of nitrogens with zero attached hydrogens (tertiary/aromatic N) is 2. The number of H-pyrrole nitrogens is 1. The van der Waals surface area contributed by atoms with E-state index in [0.29, 0.717) is 25.2 Å². The summed E-state index contributed by atoms with van der Waals surface area (Å²) in [4.78, 5) is 0. The molecule has 2 rings (SSSR count). The van der Waals surface area contributed by atoms with Crippen molar-refractivity contribution in [1.82, 2.24) is 10.2 Å². The van der Waals surface area contributed by atoms with Gasteiger partial charge >= 0.3 is 0 Å². The fourth-order valence-electron chi connectivity index (χ4n) is 1.95. The van der Waals surface area contributed by atoms with Gasteiger partial charge in [0, 0.05) is 6.54 Å². The minimum Gasteiger partial charge on any atom is -0.330 e. The largest absolute Gasteiger partial charge is 0.330 e. The van der Waals surface area contributed by atoms with Crippen LogP contribution in [-0.4, -0.2) is 31.7 Å². The number of aromatic amines is 1. The predicted molar refractivity (Wildman–Crippen MR) is 78.0 cm³/mol. The highest BCUT2D eigenvalue weighted by atomic mass is 32.2. The third kappa shape index (κ3) is 2.83. The second-order valence-corrected chi connectivity index (χ2v) is 6.26. The molecule has 6 nitrogen and oxygen atoms in total. The molecule has 0 aliphatic heterocycles. The van der Waals surface area contributed by atoms with E-state index in [4.69, 9.17) is 5.73 Å². The Morgan fingerprint density at radius 3 is 2.65 bits per heavy atom. The molecule has 7 heteroatoms. The number of hydrogen-bond acceptors (Lipinski definition) is 4. The average molecular weight is 294 g/mol. The molecule has 0 spiro atoms. The summed E-state index contributed by atoms with van der Waals surface area (Å²) in [5, 5.41) is 6.31. The SMILES string of the molecule is Cc1ccccc1N(CCCN)S(=O)(=O)c1ccn[nH]1. The molecule has 0 saturated heterocycles. The van der Waals surface area contributed by atoms with Crippen molar-refractivity contribution in [2.75, 3.05) is 17.4 Å². The third-order valence-electron chi connectivity index (χ3n) is 2.99. The monoisotopic (exact) mass is 294 g/mol. The number of sulfonamides is 1. The Morgan fingerprint density at radius 1 is 1.30 bits per heavy atom. The van der Waals surface area contributed by atoms with Crippen molar-refractivity contribution in [2.24, 2.45) is 5.73 Å². The van der Waals surface area contributed by atoms with Crippen molar-refractivity contribution < 1.29 is 8.42 Å². The number of aromatic nitrogens is 2. The minimum atomic E-state index is -3.65. The Hall–Kier alpha value is -1.86. The van der Waals surface area contributed by atoms with Gasteiger partial charge in [-0.3, -0.25) is 9.40 Å². The van der Waals surface area contributed by atoms with Crippen molar-refractivity contribution in [3.05, 3.63) is 42.1 Å². The van der Waals surface area contributed by atoms with Crippen LogP contribution >= 0.6 is 0 Å². The van der Waals surface area contributed by atoms with E-state index >= 15 is 0 Å². The highest BCUT2D eigenvalue weighted by molar-refractivity contribution is 7.92. The van der Waals surface area contributed by atoms with E-state index in [-0.39, 0.29) is 5.03 Å². The van der Waals surface area contributed by atoms with E-state index < -0.39 is 10.0 Å². The minimum absolute atomic E-state index is 0.0813. The summed E-state index contributed by atoms with van der Waals surface area (Å²) in [6.45, 7) is 2.65. The van der Waals surface area contributed by atoms with E-state index in [1.54, 1.807) is 6.07 Å². The fraction of sp³-hybridized carbons (Fsp3) is 0.308. The maximum atomic E-state index is 12.7. The van der Waals surface area contributed by atoms with Crippen LogP contribution in [0.1, 0.15) is 12.0 Å². The summed E-state index contributed by atoms with van der Waals surface area (Å²) < 4.78 is 26.7. The molecule has 0 aliphatic rings. The summed E-state index contributed by atoms with van der Waals surface area (Å²) in [5.41, 5.74) is 7.07. The molecule has 20 heavy (non-hydrogen) atoms. The second-order valence-electron chi connectivity index (χ2n) is 4.43. The lowest BCUT2D eigenvalue weighted by molar-refractivity contribution is 0.585. The molecule has 1 aromatic heterocycles. The topological polar surface area (TPSA) is 92.1 Å². The van der Waals surface area contributed by atoms with E-state index in [9.17, 15) is 8.42 Å². The second kappa shape index (κ2) is 6.06. The molecule has 1 heterocycles. The zero-order chi connectivity index (χ0) is 14.6. The first-order valence-electron chi connectivity index (χ1n) is 6.35. The van der Waals surface area contributed by atoms with Crippen LogP contribution in [0.5, 0.6) is 0 Å². The molecule has 0 bridgehead atoms. The van der Waals surface area contributed by atoms with Gasteiger partial charge in [0.25, 0.3) is 10.0 Å². The zero-order valence-corrected chi connectivity index (χ0v) is 12.1. The van der Waals surface area contributed by atoms with Crippen molar-refractivity contribution in [2.45, 2.75) is 18.4 Å². The van der Waals surface area contributed by atoms with Gasteiger partial charge in [-0.15, -0.1) is 0 Å². The maximum absolute atomic E-state index is 12.7. The molecular weight excluding hydrogens is 276 g/mol. The summed E-state index contributed by atoms with van der Waals surface area (Å²) >= 11 is 0. The van der Waals surface area contributed by atoms with Gasteiger partial charge in [-0.05, 0) is 37.6 Å². The van der Waals surface area contributed by atoms with Gasteiger partial charge in [-0.25, -0.2) is 0 Å². The molecule has 3 N–H and O–H groups in total. The Morgan fingerprint density at radius 2 is 2.05 bits per heavy atom. The zero-order valence-electron chi connectivity index (χ0n) is 11.3. The number of benzene rings is 1. The molecule has 1 aromatic carbocycles. The van der Waals surface area contributed by atoms with Crippen molar-refractivity contribution in [3.63, 3.8) is 0 Å². The first kappa shape index (κ1) is 14.5. The van der Waals surface area contributed by atoms with Gasteiger partial charge in [0.05, 0.1) is 11.9 Å². The van der Waals surface area contributed by atoms with Gasteiger partial charge in [0.15, 0.2) is 5.03 Å². The number of aryl methyl sites for hydroxylation is 1. The Labute approximate surface area is 118 Å². The summed E-state index contributed by atoms with van der Waals surface area (Å²) in [7, 11) is -3.65. The first-order valence-corrected chi connectivity index (χ1v) is 7.79. The van der Waals surface area contributed by atoms with Crippen LogP contribution in [0, 0.1) is 6.92 Å². The standard InChI is InChI=1S/C13H18N4O2S/c1-11-5-2-3-6-12(11)17(10-4-8-14)20(18,19)13-7-9-15-16-13/h2-3,5-7,9H,4,8,10,14H2,1H3,(H,15,16). The lowest BCUT2D eigenvalue weighted by Crippen LogP contribution is -2.33. The van der Waals surface area contributed by atoms with Crippen molar-refractivity contribution in [1.29, 1.82) is 0 Å². The van der Waals surface area contributed by atoms with Crippen LogP contribution in [0.2, 0.25) is 0 Å². The van der Waals surface area contributed by atoms with Crippen molar-refractivity contribution >= 4 is 15.7 Å². The number of hydrogen-bond donors (Lipinski definition) is 2. The molecule has 0 radical (unpaired) electrons. The lowest BCUT2D eigenvalue weighted by atomic mass is 10.2. The van der Waals surface area contributed by atoms with Crippen molar-refractivity contribution in [3.8, 4) is 0 Å². The molecule has 2 aromatic rings. The number of nitrogens with two attached hydrogens (primary N) is 1. The first-order chi connectivity index (χ1) is 9.57. The number of anilines is 1. The molecule has 0 amide bonds. The number of rotatable bonds is 6. The molecule has 0 unspecified atom stereocenters. The molecular formula is C13H18N4O2S. The quantitative estimate of drug-likeness (QED) is 0.839. The van der Waals surface area contributed by atoms with Gasteiger partial charge < -0.3 is 5.73 Å². The lowest BCUT2D eigenvalue weighted by Gasteiger charge is -2.25.